The van der Waals surface area contributed by atoms with Gasteiger partial charge in [-0.15, -0.1) is 0 Å². The predicted molar refractivity (Wildman–Crippen MR) is 57.0 cm³/mol. The van der Waals surface area contributed by atoms with Crippen molar-refractivity contribution in [3.05, 3.63) is 35.4 Å². The topological polar surface area (TPSA) is 86.6 Å². The summed E-state index contributed by atoms with van der Waals surface area (Å²) in [6.45, 7) is 1.47. The second-order valence-electron chi connectivity index (χ2n) is 3.38. The van der Waals surface area contributed by atoms with Crippen LogP contribution in [0.2, 0.25) is 0 Å². The molecule has 0 saturated heterocycles. The normalized spacial score (nSPS) is 11.9. The number of carboxylic acid groups (broad SMARTS) is 1. The summed E-state index contributed by atoms with van der Waals surface area (Å²) >= 11 is 0. The number of aliphatic hydroxyl groups excluding tert-OH is 1. The summed E-state index contributed by atoms with van der Waals surface area (Å²) in [5.41, 5.74) is 0.731. The van der Waals surface area contributed by atoms with Gasteiger partial charge in [-0.2, -0.15) is 0 Å². The molecule has 1 rings (SSSR count). The van der Waals surface area contributed by atoms with Gasteiger partial charge in [0.2, 0.25) is 5.91 Å². The number of hydrogen-bond acceptors (Lipinski definition) is 3. The van der Waals surface area contributed by atoms with Gasteiger partial charge in [0.15, 0.2) is 0 Å². The fourth-order valence-corrected chi connectivity index (χ4v) is 1.21. The van der Waals surface area contributed by atoms with Crippen molar-refractivity contribution in [2.24, 2.45) is 0 Å². The van der Waals surface area contributed by atoms with Gasteiger partial charge in [0.25, 0.3) is 0 Å². The van der Waals surface area contributed by atoms with E-state index >= 15 is 0 Å². The molecule has 0 aliphatic rings. The molecule has 0 saturated carbocycles. The zero-order valence-corrected chi connectivity index (χ0v) is 8.80. The number of rotatable bonds is 4. The van der Waals surface area contributed by atoms with E-state index in [2.05, 4.69) is 5.32 Å². The van der Waals surface area contributed by atoms with Crippen LogP contribution in [-0.4, -0.2) is 28.6 Å². The monoisotopic (exact) mass is 223 g/mol. The van der Waals surface area contributed by atoms with E-state index in [9.17, 15) is 14.7 Å². The van der Waals surface area contributed by atoms with Crippen LogP contribution in [0.25, 0.3) is 0 Å². The highest BCUT2D eigenvalue weighted by Gasteiger charge is 2.09. The predicted octanol–water partition coefficient (Wildman–Crippen LogP) is 0.554. The van der Waals surface area contributed by atoms with Crippen molar-refractivity contribution in [2.45, 2.75) is 13.0 Å². The third-order valence-corrected chi connectivity index (χ3v) is 2.09. The van der Waals surface area contributed by atoms with Gasteiger partial charge >= 0.3 is 5.97 Å². The molecule has 5 nitrogen and oxygen atoms in total. The Kier molecular flexibility index (Phi) is 4.02. The zero-order valence-electron chi connectivity index (χ0n) is 8.80. The molecule has 16 heavy (non-hydrogen) atoms. The number of carboxylic acids is 1. The number of hydrogen-bond donors (Lipinski definition) is 3. The number of nitrogens with one attached hydrogen (secondary N) is 1. The lowest BCUT2D eigenvalue weighted by atomic mass is 10.1. The van der Waals surface area contributed by atoms with Crippen LogP contribution in [0.4, 0.5) is 0 Å². The maximum Gasteiger partial charge on any atom is 0.335 e. The van der Waals surface area contributed by atoms with Crippen molar-refractivity contribution in [1.82, 2.24) is 5.32 Å². The molecule has 1 amide bonds. The number of aliphatic hydroxyl groups is 1. The average Bonchev–Trinajstić information content (AvgIpc) is 2.26. The minimum Gasteiger partial charge on any atom is -0.478 e. The van der Waals surface area contributed by atoms with E-state index in [1.165, 1.54) is 31.2 Å². The molecule has 1 aromatic rings. The molecule has 0 fully saturated rings. The lowest BCUT2D eigenvalue weighted by molar-refractivity contribution is -0.119. The second kappa shape index (κ2) is 5.27. The molecule has 3 N–H and O–H groups in total. The standard InChI is InChI=1S/C11H13NO4/c1-7(13)12-6-10(14)8-2-4-9(5-3-8)11(15)16/h2-5,10,14H,6H2,1H3,(H,12,13)(H,15,16)/t10-/m0/s1. The summed E-state index contributed by atoms with van der Waals surface area (Å²) in [5.74, 6) is -1.23. The first-order chi connectivity index (χ1) is 7.50. The Morgan fingerprint density at radius 1 is 1.31 bits per heavy atom. The molecule has 0 heterocycles. The molecule has 0 aromatic heterocycles. The van der Waals surface area contributed by atoms with Gasteiger partial charge in [0.1, 0.15) is 0 Å². The lowest BCUT2D eigenvalue weighted by Crippen LogP contribution is -2.25. The van der Waals surface area contributed by atoms with E-state index in [1.54, 1.807) is 0 Å². The number of amides is 1. The van der Waals surface area contributed by atoms with E-state index in [-0.39, 0.29) is 18.0 Å². The maximum absolute atomic E-state index is 10.6. The van der Waals surface area contributed by atoms with Gasteiger partial charge < -0.3 is 15.5 Å². The molecular weight excluding hydrogens is 210 g/mol. The zero-order chi connectivity index (χ0) is 12.1. The van der Waals surface area contributed by atoms with Crippen LogP contribution in [0.5, 0.6) is 0 Å². The molecule has 0 spiro atoms. The number of carbonyl (C=O) groups excluding carboxylic acids is 1. The molecule has 1 atom stereocenters. The van der Waals surface area contributed by atoms with Crippen molar-refractivity contribution in [3.63, 3.8) is 0 Å². The number of aromatic carboxylic acids is 1. The van der Waals surface area contributed by atoms with Crippen LogP contribution in [0.3, 0.4) is 0 Å². The van der Waals surface area contributed by atoms with E-state index in [0.717, 1.165) is 0 Å². The van der Waals surface area contributed by atoms with Crippen molar-refractivity contribution in [3.8, 4) is 0 Å². The van der Waals surface area contributed by atoms with Crippen LogP contribution in [0.15, 0.2) is 24.3 Å². The SMILES string of the molecule is CC(=O)NC[C@H](O)c1ccc(C(=O)O)cc1. The van der Waals surface area contributed by atoms with E-state index in [1.807, 2.05) is 0 Å². The van der Waals surface area contributed by atoms with Crippen molar-refractivity contribution in [2.75, 3.05) is 6.54 Å². The first-order valence-corrected chi connectivity index (χ1v) is 4.76. The van der Waals surface area contributed by atoms with Gasteiger partial charge in [-0.05, 0) is 17.7 Å². The Morgan fingerprint density at radius 3 is 2.31 bits per heavy atom. The fourth-order valence-electron chi connectivity index (χ4n) is 1.21. The molecule has 0 aliphatic carbocycles. The summed E-state index contributed by atoms with van der Waals surface area (Å²) < 4.78 is 0. The Labute approximate surface area is 92.7 Å². The van der Waals surface area contributed by atoms with Gasteiger partial charge in [0, 0.05) is 13.5 Å². The highest BCUT2D eigenvalue weighted by Crippen LogP contribution is 2.12. The van der Waals surface area contributed by atoms with Crippen molar-refractivity contribution < 1.29 is 19.8 Å². The average molecular weight is 223 g/mol. The van der Waals surface area contributed by atoms with E-state index in [0.29, 0.717) is 5.56 Å². The van der Waals surface area contributed by atoms with Crippen LogP contribution < -0.4 is 5.32 Å². The van der Waals surface area contributed by atoms with Crippen LogP contribution in [0, 0.1) is 0 Å². The highest BCUT2D eigenvalue weighted by atomic mass is 16.4. The molecule has 0 radical (unpaired) electrons. The quantitative estimate of drug-likeness (QED) is 0.695. The number of carbonyl (C=O) groups is 2. The summed E-state index contributed by atoms with van der Waals surface area (Å²) in [5, 5.41) is 20.8. The summed E-state index contributed by atoms with van der Waals surface area (Å²) in [7, 11) is 0. The first-order valence-electron chi connectivity index (χ1n) is 4.76. The molecule has 5 heteroatoms. The van der Waals surface area contributed by atoms with E-state index in [4.69, 9.17) is 5.11 Å². The third kappa shape index (κ3) is 3.36. The van der Waals surface area contributed by atoms with Gasteiger partial charge in [-0.1, -0.05) is 12.1 Å². The first kappa shape index (κ1) is 12.2. The Balaban J connectivity index is 2.66. The molecule has 1 aromatic carbocycles. The van der Waals surface area contributed by atoms with Crippen molar-refractivity contribution >= 4 is 11.9 Å². The Morgan fingerprint density at radius 2 is 1.88 bits per heavy atom. The lowest BCUT2D eigenvalue weighted by Gasteiger charge is -2.11. The smallest absolute Gasteiger partial charge is 0.335 e. The van der Waals surface area contributed by atoms with Crippen LogP contribution >= 0.6 is 0 Å². The Hall–Kier alpha value is -1.88. The molecular formula is C11H13NO4. The minimum absolute atomic E-state index is 0.113. The van der Waals surface area contributed by atoms with Gasteiger partial charge in [-0.3, -0.25) is 4.79 Å². The molecule has 0 aliphatic heterocycles. The highest BCUT2D eigenvalue weighted by molar-refractivity contribution is 5.87. The van der Waals surface area contributed by atoms with Crippen LogP contribution in [-0.2, 0) is 4.79 Å². The molecule has 0 unspecified atom stereocenters. The van der Waals surface area contributed by atoms with Crippen molar-refractivity contribution in [1.29, 1.82) is 0 Å². The minimum atomic E-state index is -1.01. The summed E-state index contributed by atoms with van der Waals surface area (Å²) in [4.78, 5) is 21.2. The fraction of sp³-hybridized carbons (Fsp3) is 0.273. The second-order valence-corrected chi connectivity index (χ2v) is 3.38. The summed E-state index contributed by atoms with van der Waals surface area (Å²) in [6, 6.07) is 5.87. The largest absolute Gasteiger partial charge is 0.478 e. The van der Waals surface area contributed by atoms with E-state index < -0.39 is 12.1 Å². The van der Waals surface area contributed by atoms with Crippen LogP contribution in [0.1, 0.15) is 28.9 Å². The molecule has 86 valence electrons. The molecule has 0 bridgehead atoms. The van der Waals surface area contributed by atoms with Gasteiger partial charge in [-0.25, -0.2) is 4.79 Å². The number of benzene rings is 1. The third-order valence-electron chi connectivity index (χ3n) is 2.09. The maximum atomic E-state index is 10.6. The summed E-state index contributed by atoms with van der Waals surface area (Å²) in [6.07, 6.45) is -0.827. The Bertz CT molecular complexity index is 385. The van der Waals surface area contributed by atoms with Gasteiger partial charge in [0.05, 0.1) is 11.7 Å².